The molecule has 0 saturated carbocycles. The molecule has 0 spiro atoms. The summed E-state index contributed by atoms with van der Waals surface area (Å²) in [6.07, 6.45) is 2.32. The maximum atomic E-state index is 12.2. The van der Waals surface area contributed by atoms with E-state index >= 15 is 0 Å². The molecular weight excluding hydrogens is 316 g/mol. The number of amides is 2. The average Bonchev–Trinajstić information content (AvgIpc) is 2.61. The van der Waals surface area contributed by atoms with Crippen LogP contribution in [0.25, 0.3) is 0 Å². The molecule has 2 N–H and O–H groups in total. The zero-order valence-corrected chi connectivity index (χ0v) is 14.5. The van der Waals surface area contributed by atoms with Crippen LogP contribution in [0.15, 0.2) is 48.5 Å². The predicted molar refractivity (Wildman–Crippen MR) is 99.0 cm³/mol. The minimum absolute atomic E-state index is 0.0190. The minimum atomic E-state index is -0.251. The lowest BCUT2D eigenvalue weighted by Gasteiger charge is -2.08. The predicted octanol–water partition coefficient (Wildman–Crippen LogP) is 4.27. The first-order valence-corrected chi connectivity index (χ1v) is 8.32. The van der Waals surface area contributed by atoms with E-state index in [1.54, 1.807) is 48.5 Å². The summed E-state index contributed by atoms with van der Waals surface area (Å²) < 4.78 is 0. The number of ketones is 1. The molecule has 2 rings (SSSR count). The Morgan fingerprint density at radius 1 is 0.800 bits per heavy atom. The van der Waals surface area contributed by atoms with Crippen LogP contribution in [-0.2, 0) is 4.79 Å². The van der Waals surface area contributed by atoms with Gasteiger partial charge in [-0.25, -0.2) is 0 Å². The van der Waals surface area contributed by atoms with E-state index < -0.39 is 0 Å². The van der Waals surface area contributed by atoms with Crippen molar-refractivity contribution < 1.29 is 14.4 Å². The highest BCUT2D eigenvalue weighted by Gasteiger charge is 2.08. The number of carbonyl (C=O) groups excluding carboxylic acids is 3. The Morgan fingerprint density at radius 3 is 1.84 bits per heavy atom. The highest BCUT2D eigenvalue weighted by atomic mass is 16.2. The minimum Gasteiger partial charge on any atom is -0.326 e. The Labute approximate surface area is 147 Å². The molecule has 0 aromatic heterocycles. The highest BCUT2D eigenvalue weighted by Crippen LogP contribution is 2.14. The lowest BCUT2D eigenvalue weighted by atomic mass is 10.1. The van der Waals surface area contributed by atoms with Gasteiger partial charge in [-0.05, 0) is 61.9 Å². The number of nitrogens with one attached hydrogen (secondary N) is 2. The molecule has 0 aliphatic rings. The summed E-state index contributed by atoms with van der Waals surface area (Å²) in [6.45, 7) is 3.53. The van der Waals surface area contributed by atoms with Gasteiger partial charge in [-0.3, -0.25) is 14.4 Å². The molecule has 0 fully saturated rings. The second-order valence-corrected chi connectivity index (χ2v) is 5.82. The molecule has 0 saturated heterocycles. The van der Waals surface area contributed by atoms with Gasteiger partial charge in [0.1, 0.15) is 0 Å². The molecular formula is C20H22N2O3. The number of Topliss-reactive ketones (excluding diaryl/α,β-unsaturated/α-hetero) is 1. The zero-order valence-electron chi connectivity index (χ0n) is 14.5. The number of carbonyl (C=O) groups is 3. The van der Waals surface area contributed by atoms with Crippen molar-refractivity contribution >= 4 is 29.0 Å². The molecule has 5 heteroatoms. The normalized spacial score (nSPS) is 10.2. The van der Waals surface area contributed by atoms with Crippen LogP contribution in [0.3, 0.4) is 0 Å². The van der Waals surface area contributed by atoms with Crippen LogP contribution in [0.4, 0.5) is 11.4 Å². The van der Waals surface area contributed by atoms with E-state index in [-0.39, 0.29) is 17.6 Å². The number of hydrogen-bond donors (Lipinski definition) is 2. The van der Waals surface area contributed by atoms with E-state index in [9.17, 15) is 14.4 Å². The number of unbranched alkanes of at least 4 members (excludes halogenated alkanes) is 1. The standard InChI is InChI=1S/C20H22N2O3/c1-3-4-5-19(24)21-17-12-8-16(9-13-17)20(25)22-18-10-6-15(7-11-18)14(2)23/h6-13H,3-5H2,1-2H3,(H,21,24)(H,22,25). The average molecular weight is 338 g/mol. The van der Waals surface area contributed by atoms with Crippen molar-refractivity contribution in [2.45, 2.75) is 33.1 Å². The van der Waals surface area contributed by atoms with Crippen LogP contribution in [0.5, 0.6) is 0 Å². The number of rotatable bonds is 7. The molecule has 25 heavy (non-hydrogen) atoms. The van der Waals surface area contributed by atoms with Gasteiger partial charge in [-0.1, -0.05) is 13.3 Å². The van der Waals surface area contributed by atoms with Gasteiger partial charge in [-0.15, -0.1) is 0 Å². The van der Waals surface area contributed by atoms with Gasteiger partial charge >= 0.3 is 0 Å². The molecule has 2 aromatic carbocycles. The SMILES string of the molecule is CCCCC(=O)Nc1ccc(C(=O)Nc2ccc(C(C)=O)cc2)cc1. The third kappa shape index (κ3) is 5.57. The van der Waals surface area contributed by atoms with Crippen molar-refractivity contribution in [2.24, 2.45) is 0 Å². The fourth-order valence-corrected chi connectivity index (χ4v) is 2.26. The molecule has 0 bridgehead atoms. The zero-order chi connectivity index (χ0) is 18.2. The van der Waals surface area contributed by atoms with Crippen molar-refractivity contribution in [3.05, 3.63) is 59.7 Å². The van der Waals surface area contributed by atoms with Crippen molar-refractivity contribution in [1.29, 1.82) is 0 Å². The quantitative estimate of drug-likeness (QED) is 0.740. The Hall–Kier alpha value is -2.95. The van der Waals surface area contributed by atoms with Gasteiger partial charge in [-0.2, -0.15) is 0 Å². The molecule has 0 radical (unpaired) electrons. The van der Waals surface area contributed by atoms with E-state index in [1.165, 1.54) is 6.92 Å². The largest absolute Gasteiger partial charge is 0.326 e. The van der Waals surface area contributed by atoms with Gasteiger partial charge in [0.05, 0.1) is 0 Å². The van der Waals surface area contributed by atoms with Crippen molar-refractivity contribution in [3.63, 3.8) is 0 Å². The second kappa shape index (κ2) is 8.78. The first-order valence-electron chi connectivity index (χ1n) is 8.32. The molecule has 130 valence electrons. The number of hydrogen-bond acceptors (Lipinski definition) is 3. The first kappa shape index (κ1) is 18.4. The smallest absolute Gasteiger partial charge is 0.255 e. The summed E-state index contributed by atoms with van der Waals surface area (Å²) in [4.78, 5) is 35.2. The van der Waals surface area contributed by atoms with Crippen molar-refractivity contribution in [2.75, 3.05) is 10.6 Å². The Bertz CT molecular complexity index is 750. The van der Waals surface area contributed by atoms with E-state index in [4.69, 9.17) is 0 Å². The van der Waals surface area contributed by atoms with Crippen molar-refractivity contribution in [3.8, 4) is 0 Å². The van der Waals surface area contributed by atoms with Crippen LogP contribution in [0.1, 0.15) is 53.8 Å². The second-order valence-electron chi connectivity index (χ2n) is 5.82. The monoisotopic (exact) mass is 338 g/mol. The van der Waals surface area contributed by atoms with E-state index in [2.05, 4.69) is 10.6 Å². The maximum absolute atomic E-state index is 12.2. The summed E-state index contributed by atoms with van der Waals surface area (Å²) >= 11 is 0. The fraction of sp³-hybridized carbons (Fsp3) is 0.250. The first-order chi connectivity index (χ1) is 12.0. The van der Waals surface area contributed by atoms with E-state index in [0.717, 1.165) is 12.8 Å². The Morgan fingerprint density at radius 2 is 1.32 bits per heavy atom. The lowest BCUT2D eigenvalue weighted by molar-refractivity contribution is -0.116. The van der Waals surface area contributed by atoms with Gasteiger partial charge in [0.25, 0.3) is 5.91 Å². The fourth-order valence-electron chi connectivity index (χ4n) is 2.26. The van der Waals surface area contributed by atoms with E-state index in [0.29, 0.717) is 28.9 Å². The lowest BCUT2D eigenvalue weighted by Crippen LogP contribution is -2.13. The number of benzene rings is 2. The van der Waals surface area contributed by atoms with Crippen LogP contribution in [0.2, 0.25) is 0 Å². The molecule has 0 aliphatic carbocycles. The van der Waals surface area contributed by atoms with Crippen LogP contribution in [0, 0.1) is 0 Å². The third-order valence-electron chi connectivity index (χ3n) is 3.74. The third-order valence-corrected chi connectivity index (χ3v) is 3.74. The molecule has 0 heterocycles. The molecule has 0 aliphatic heterocycles. The molecule has 0 atom stereocenters. The summed E-state index contributed by atoms with van der Waals surface area (Å²) in [5.41, 5.74) is 2.37. The van der Waals surface area contributed by atoms with Gasteiger partial charge in [0.15, 0.2) is 5.78 Å². The van der Waals surface area contributed by atoms with Crippen LogP contribution in [-0.4, -0.2) is 17.6 Å². The molecule has 2 amide bonds. The number of anilines is 2. The summed E-state index contributed by atoms with van der Waals surface area (Å²) in [5.74, 6) is -0.293. The molecule has 0 unspecified atom stereocenters. The Balaban J connectivity index is 1.95. The van der Waals surface area contributed by atoms with Crippen LogP contribution < -0.4 is 10.6 Å². The maximum Gasteiger partial charge on any atom is 0.255 e. The molecule has 2 aromatic rings. The van der Waals surface area contributed by atoms with Crippen molar-refractivity contribution in [1.82, 2.24) is 0 Å². The van der Waals surface area contributed by atoms with Gasteiger partial charge in [0.2, 0.25) is 5.91 Å². The summed E-state index contributed by atoms with van der Waals surface area (Å²) in [6, 6.07) is 13.5. The Kier molecular flexibility index (Phi) is 6.46. The summed E-state index contributed by atoms with van der Waals surface area (Å²) in [7, 11) is 0. The highest BCUT2D eigenvalue weighted by molar-refractivity contribution is 6.05. The van der Waals surface area contributed by atoms with Gasteiger partial charge in [0, 0.05) is 28.9 Å². The van der Waals surface area contributed by atoms with E-state index in [1.807, 2.05) is 6.92 Å². The topological polar surface area (TPSA) is 75.3 Å². The van der Waals surface area contributed by atoms with Gasteiger partial charge < -0.3 is 10.6 Å². The summed E-state index contributed by atoms with van der Waals surface area (Å²) in [5, 5.41) is 5.58. The molecule has 5 nitrogen and oxygen atoms in total. The van der Waals surface area contributed by atoms with Crippen LogP contribution >= 0.6 is 0 Å².